The van der Waals surface area contributed by atoms with Gasteiger partial charge in [-0.3, -0.25) is 9.89 Å². The molecule has 0 spiro atoms. The van der Waals surface area contributed by atoms with Crippen molar-refractivity contribution in [1.29, 1.82) is 5.26 Å². The maximum Gasteiger partial charge on any atom is 0.278 e. The average molecular weight is 437 g/mol. The summed E-state index contributed by atoms with van der Waals surface area (Å²) in [6.07, 6.45) is 1.61. The van der Waals surface area contributed by atoms with Gasteiger partial charge >= 0.3 is 0 Å². The summed E-state index contributed by atoms with van der Waals surface area (Å²) < 4.78 is 3.41. The molecule has 0 saturated carbocycles. The van der Waals surface area contributed by atoms with Gasteiger partial charge in [-0.15, -0.1) is 11.3 Å². The number of para-hydroxylation sites is 1. The molecule has 2 aromatic carbocycles. The highest BCUT2D eigenvalue weighted by atomic mass is 79.9. The van der Waals surface area contributed by atoms with Crippen LogP contribution in [0.4, 0.5) is 0 Å². The number of allylic oxidation sites excluding steroid dienone is 1. The molecule has 7 heteroatoms. The molecule has 4 aromatic rings. The van der Waals surface area contributed by atoms with Crippen LogP contribution < -0.4 is 5.56 Å². The molecule has 0 atom stereocenters. The number of halogens is 1. The molecule has 2 aromatic heterocycles. The van der Waals surface area contributed by atoms with E-state index in [0.717, 1.165) is 20.4 Å². The van der Waals surface area contributed by atoms with Gasteiger partial charge in [0.25, 0.3) is 5.56 Å². The molecule has 27 heavy (non-hydrogen) atoms. The number of aromatic amines is 1. The Morgan fingerprint density at radius 3 is 2.70 bits per heavy atom. The zero-order valence-corrected chi connectivity index (χ0v) is 16.6. The minimum Gasteiger partial charge on any atom is -0.295 e. The summed E-state index contributed by atoms with van der Waals surface area (Å²) in [4.78, 5) is 17.4. The van der Waals surface area contributed by atoms with Gasteiger partial charge in [0, 0.05) is 10.2 Å². The van der Waals surface area contributed by atoms with E-state index in [2.05, 4.69) is 32.1 Å². The molecule has 0 aliphatic rings. The number of nitrogens with one attached hydrogen (secondary N) is 1. The molecule has 1 N–H and O–H groups in total. The van der Waals surface area contributed by atoms with E-state index in [0.29, 0.717) is 21.8 Å². The number of hydrogen-bond donors (Lipinski definition) is 1. The molecule has 2 heterocycles. The summed E-state index contributed by atoms with van der Waals surface area (Å²) >= 11 is 4.83. The van der Waals surface area contributed by atoms with Crippen molar-refractivity contribution in [1.82, 2.24) is 14.8 Å². The molecule has 0 amide bonds. The van der Waals surface area contributed by atoms with Crippen molar-refractivity contribution in [3.8, 4) is 11.8 Å². The highest BCUT2D eigenvalue weighted by molar-refractivity contribution is 9.10. The van der Waals surface area contributed by atoms with E-state index in [1.165, 1.54) is 16.0 Å². The summed E-state index contributed by atoms with van der Waals surface area (Å²) in [5.41, 5.74) is 2.88. The van der Waals surface area contributed by atoms with Crippen LogP contribution in [-0.4, -0.2) is 14.8 Å². The quantitative estimate of drug-likeness (QED) is 0.463. The van der Waals surface area contributed by atoms with Gasteiger partial charge in [0.2, 0.25) is 0 Å². The predicted octanol–water partition coefficient (Wildman–Crippen LogP) is 4.91. The minimum atomic E-state index is -0.205. The minimum absolute atomic E-state index is 0.205. The first-order chi connectivity index (χ1) is 13.1. The Morgan fingerprint density at radius 2 is 2.00 bits per heavy atom. The van der Waals surface area contributed by atoms with Crippen LogP contribution in [-0.2, 0) is 0 Å². The third-order valence-corrected chi connectivity index (χ3v) is 5.73. The van der Waals surface area contributed by atoms with Crippen molar-refractivity contribution in [2.45, 2.75) is 6.92 Å². The average Bonchev–Trinajstić information content (AvgIpc) is 3.22. The summed E-state index contributed by atoms with van der Waals surface area (Å²) in [6, 6.07) is 17.3. The Balaban J connectivity index is 1.81. The third kappa shape index (κ3) is 3.25. The van der Waals surface area contributed by atoms with Crippen LogP contribution in [0.3, 0.4) is 0 Å². The fourth-order valence-electron chi connectivity index (χ4n) is 2.78. The van der Waals surface area contributed by atoms with E-state index in [1.807, 2.05) is 55.5 Å². The molecule has 0 aliphatic heterocycles. The Kier molecular flexibility index (Phi) is 4.52. The van der Waals surface area contributed by atoms with Crippen LogP contribution in [0.15, 0.2) is 57.8 Å². The van der Waals surface area contributed by atoms with Crippen molar-refractivity contribution in [2.24, 2.45) is 0 Å². The summed E-state index contributed by atoms with van der Waals surface area (Å²) in [5, 5.41) is 13.3. The number of nitrogens with zero attached hydrogens (tertiary/aromatic N) is 3. The lowest BCUT2D eigenvalue weighted by Gasteiger charge is -2.00. The second-order valence-corrected chi connectivity index (χ2v) is 7.87. The number of hydrogen-bond acceptors (Lipinski definition) is 4. The highest BCUT2D eigenvalue weighted by Gasteiger charge is 2.14. The fraction of sp³-hybridized carbons (Fsp3) is 0.0500. The van der Waals surface area contributed by atoms with Gasteiger partial charge in [0.05, 0.1) is 27.0 Å². The van der Waals surface area contributed by atoms with Crippen molar-refractivity contribution < 1.29 is 0 Å². The lowest BCUT2D eigenvalue weighted by molar-refractivity contribution is 0.835. The predicted molar refractivity (Wildman–Crippen MR) is 112 cm³/mol. The number of aromatic nitrogens is 3. The van der Waals surface area contributed by atoms with E-state index < -0.39 is 0 Å². The van der Waals surface area contributed by atoms with Crippen molar-refractivity contribution in [2.75, 3.05) is 0 Å². The van der Waals surface area contributed by atoms with E-state index in [4.69, 9.17) is 0 Å². The Morgan fingerprint density at radius 1 is 1.26 bits per heavy atom. The largest absolute Gasteiger partial charge is 0.295 e. The topological polar surface area (TPSA) is 74.5 Å². The zero-order chi connectivity index (χ0) is 19.0. The van der Waals surface area contributed by atoms with Crippen molar-refractivity contribution in [3.05, 3.63) is 79.6 Å². The Hall–Kier alpha value is -2.95. The number of H-pyrrole nitrogens is 1. The van der Waals surface area contributed by atoms with E-state index >= 15 is 0 Å². The fourth-order valence-corrected chi connectivity index (χ4v) is 3.97. The lowest BCUT2D eigenvalue weighted by atomic mass is 10.1. The van der Waals surface area contributed by atoms with Gasteiger partial charge in [-0.1, -0.05) is 28.1 Å². The maximum atomic E-state index is 12.9. The number of aryl methyl sites for hydroxylation is 1. The monoisotopic (exact) mass is 436 g/mol. The van der Waals surface area contributed by atoms with Crippen LogP contribution in [0.1, 0.15) is 16.3 Å². The number of thiazole rings is 1. The maximum absolute atomic E-state index is 12.9. The van der Waals surface area contributed by atoms with Crippen LogP contribution in [0.2, 0.25) is 0 Å². The zero-order valence-electron chi connectivity index (χ0n) is 14.2. The van der Waals surface area contributed by atoms with Crippen LogP contribution in [0.25, 0.3) is 27.6 Å². The second-order valence-electron chi connectivity index (χ2n) is 5.92. The van der Waals surface area contributed by atoms with Crippen LogP contribution in [0, 0.1) is 18.3 Å². The second kappa shape index (κ2) is 6.99. The molecule has 5 nitrogen and oxygen atoms in total. The first kappa shape index (κ1) is 17.5. The molecule has 132 valence electrons. The molecular weight excluding hydrogens is 424 g/mol. The number of fused-ring (bicyclic) bond motifs is 1. The van der Waals surface area contributed by atoms with E-state index in [1.54, 1.807) is 6.08 Å². The SMILES string of the molecule is Cc1[nH]n(-c2ccc(Br)cc2)c(=O)c1/C=C(\C#N)c1nc2ccccc2s1. The normalized spacial score (nSPS) is 11.7. The first-order valence-corrected chi connectivity index (χ1v) is 9.73. The van der Waals surface area contributed by atoms with Gasteiger partial charge in [-0.05, 0) is 49.4 Å². The van der Waals surface area contributed by atoms with Crippen molar-refractivity contribution >= 4 is 49.1 Å². The molecule has 4 rings (SSSR count). The van der Waals surface area contributed by atoms with Gasteiger partial charge < -0.3 is 0 Å². The van der Waals surface area contributed by atoms with Crippen LogP contribution in [0.5, 0.6) is 0 Å². The number of nitriles is 1. The first-order valence-electron chi connectivity index (χ1n) is 8.12. The van der Waals surface area contributed by atoms with E-state index in [-0.39, 0.29) is 5.56 Å². The van der Waals surface area contributed by atoms with Gasteiger partial charge in [0.15, 0.2) is 0 Å². The summed E-state index contributed by atoms with van der Waals surface area (Å²) in [7, 11) is 0. The van der Waals surface area contributed by atoms with Crippen molar-refractivity contribution in [3.63, 3.8) is 0 Å². The summed E-state index contributed by atoms with van der Waals surface area (Å²) in [6.45, 7) is 1.82. The molecule has 0 saturated heterocycles. The standard InChI is InChI=1S/C20H13BrN4OS/c1-12-16(20(26)25(24-12)15-8-6-14(21)7-9-15)10-13(11-22)19-23-17-4-2-3-5-18(17)27-19/h2-10,24H,1H3/b13-10+. The molecule has 0 aliphatic carbocycles. The van der Waals surface area contributed by atoms with Gasteiger partial charge in [0.1, 0.15) is 11.1 Å². The van der Waals surface area contributed by atoms with Gasteiger partial charge in [-0.25, -0.2) is 9.67 Å². The molecule has 0 unspecified atom stereocenters. The van der Waals surface area contributed by atoms with Crippen LogP contribution >= 0.6 is 27.3 Å². The van der Waals surface area contributed by atoms with Gasteiger partial charge in [-0.2, -0.15) is 5.26 Å². The smallest absolute Gasteiger partial charge is 0.278 e. The Labute approximate surface area is 167 Å². The molecule has 0 bridgehead atoms. The molecular formula is C20H13BrN4OS. The number of rotatable bonds is 3. The number of benzene rings is 2. The lowest BCUT2D eigenvalue weighted by Crippen LogP contribution is -2.15. The molecule has 0 radical (unpaired) electrons. The van der Waals surface area contributed by atoms with E-state index in [9.17, 15) is 10.1 Å². The summed E-state index contributed by atoms with van der Waals surface area (Å²) in [5.74, 6) is 0. The third-order valence-electron chi connectivity index (χ3n) is 4.14. The Bertz CT molecular complexity index is 1240. The molecule has 0 fully saturated rings. The highest BCUT2D eigenvalue weighted by Crippen LogP contribution is 2.28.